The zero-order chi connectivity index (χ0) is 11.4. The van der Waals surface area contributed by atoms with E-state index in [0.717, 1.165) is 11.0 Å². The summed E-state index contributed by atoms with van der Waals surface area (Å²) < 4.78 is 4.71. The Morgan fingerprint density at radius 3 is 2.47 bits per heavy atom. The fourth-order valence-electron chi connectivity index (χ4n) is 1.20. The van der Waals surface area contributed by atoms with Crippen molar-refractivity contribution in [2.75, 3.05) is 19.8 Å². The second kappa shape index (κ2) is 4.70. The molecule has 1 saturated heterocycles. The van der Waals surface area contributed by atoms with Gasteiger partial charge in [-0.3, -0.25) is 14.5 Å². The summed E-state index contributed by atoms with van der Waals surface area (Å²) in [7, 11) is 0. The monoisotopic (exact) mass is 213 g/mol. The molecule has 1 heterocycles. The molecular formula is C9H11NO5. The Balaban J connectivity index is 2.67. The number of hydrogen-bond donors (Lipinski definition) is 1. The molecule has 1 rings (SSSR count). The van der Waals surface area contributed by atoms with Crippen LogP contribution in [0.2, 0.25) is 0 Å². The van der Waals surface area contributed by atoms with E-state index >= 15 is 0 Å². The molecule has 0 unspecified atom stereocenters. The average Bonchev–Trinajstić information content (AvgIpc) is 2.10. The highest BCUT2D eigenvalue weighted by Gasteiger charge is 2.26. The van der Waals surface area contributed by atoms with Gasteiger partial charge in [-0.15, -0.1) is 0 Å². The smallest absolute Gasteiger partial charge is 0.328 e. The van der Waals surface area contributed by atoms with Crippen LogP contribution in [0.15, 0.2) is 11.6 Å². The van der Waals surface area contributed by atoms with Gasteiger partial charge in [-0.2, -0.15) is 0 Å². The summed E-state index contributed by atoms with van der Waals surface area (Å²) in [5.74, 6) is -1.98. The molecule has 0 aliphatic carbocycles. The molecule has 15 heavy (non-hydrogen) atoms. The number of morpholine rings is 1. The van der Waals surface area contributed by atoms with Crippen LogP contribution in [-0.2, 0) is 19.1 Å². The van der Waals surface area contributed by atoms with Gasteiger partial charge in [0.15, 0.2) is 0 Å². The lowest BCUT2D eigenvalue weighted by Gasteiger charge is -2.24. The predicted octanol–water partition coefficient (Wildman–Crippen LogP) is -0.597. The third-order valence-electron chi connectivity index (χ3n) is 1.83. The van der Waals surface area contributed by atoms with Crippen LogP contribution in [0.25, 0.3) is 0 Å². The van der Waals surface area contributed by atoms with Crippen LogP contribution in [0.5, 0.6) is 0 Å². The van der Waals surface area contributed by atoms with E-state index in [0.29, 0.717) is 5.57 Å². The molecule has 0 atom stereocenters. The molecule has 0 bridgehead atoms. The Hall–Kier alpha value is -1.69. The van der Waals surface area contributed by atoms with Gasteiger partial charge >= 0.3 is 5.97 Å². The molecule has 1 aliphatic heterocycles. The number of amides is 2. The van der Waals surface area contributed by atoms with Crippen LogP contribution in [0.3, 0.4) is 0 Å². The number of hydrogen-bond acceptors (Lipinski definition) is 4. The lowest BCUT2D eigenvalue weighted by molar-refractivity contribution is -0.157. The topological polar surface area (TPSA) is 83.9 Å². The van der Waals surface area contributed by atoms with Gasteiger partial charge in [-0.05, 0) is 12.5 Å². The van der Waals surface area contributed by atoms with Crippen molar-refractivity contribution in [3.63, 3.8) is 0 Å². The Morgan fingerprint density at radius 1 is 1.47 bits per heavy atom. The Kier molecular flexibility index (Phi) is 3.56. The molecule has 0 spiro atoms. The van der Waals surface area contributed by atoms with E-state index in [1.165, 1.54) is 0 Å². The first-order valence-corrected chi connectivity index (χ1v) is 4.31. The SMILES string of the molecule is CC(=CC(=O)O)CN1C(=O)COCC1=O. The van der Waals surface area contributed by atoms with E-state index in [-0.39, 0.29) is 19.8 Å². The molecule has 1 aliphatic rings. The van der Waals surface area contributed by atoms with Crippen LogP contribution in [0.1, 0.15) is 6.92 Å². The van der Waals surface area contributed by atoms with Crippen molar-refractivity contribution in [2.24, 2.45) is 0 Å². The molecular weight excluding hydrogens is 202 g/mol. The molecule has 0 radical (unpaired) electrons. The van der Waals surface area contributed by atoms with Gasteiger partial charge in [0, 0.05) is 6.08 Å². The zero-order valence-corrected chi connectivity index (χ0v) is 8.23. The van der Waals surface area contributed by atoms with Gasteiger partial charge in [0.05, 0.1) is 6.54 Å². The number of carboxylic acid groups (broad SMARTS) is 1. The van der Waals surface area contributed by atoms with Crippen LogP contribution in [0, 0.1) is 0 Å². The number of rotatable bonds is 3. The summed E-state index contributed by atoms with van der Waals surface area (Å²) in [4.78, 5) is 33.8. The fraction of sp³-hybridized carbons (Fsp3) is 0.444. The van der Waals surface area contributed by atoms with E-state index in [9.17, 15) is 14.4 Å². The van der Waals surface area contributed by atoms with Crippen molar-refractivity contribution < 1.29 is 24.2 Å². The van der Waals surface area contributed by atoms with Gasteiger partial charge in [0.2, 0.25) is 0 Å². The van der Waals surface area contributed by atoms with Crippen molar-refractivity contribution in [1.29, 1.82) is 0 Å². The van der Waals surface area contributed by atoms with E-state index in [1.807, 2.05) is 0 Å². The fourth-order valence-corrected chi connectivity index (χ4v) is 1.20. The van der Waals surface area contributed by atoms with Crippen molar-refractivity contribution in [3.05, 3.63) is 11.6 Å². The Morgan fingerprint density at radius 2 is 2.00 bits per heavy atom. The molecule has 1 N–H and O–H groups in total. The highest BCUT2D eigenvalue weighted by atomic mass is 16.5. The van der Waals surface area contributed by atoms with E-state index in [4.69, 9.17) is 9.84 Å². The Labute approximate surface area is 86.1 Å². The largest absolute Gasteiger partial charge is 0.478 e. The minimum Gasteiger partial charge on any atom is -0.478 e. The lowest BCUT2D eigenvalue weighted by Crippen LogP contribution is -2.46. The summed E-state index contributed by atoms with van der Waals surface area (Å²) >= 11 is 0. The highest BCUT2D eigenvalue weighted by molar-refractivity contribution is 5.98. The number of nitrogens with zero attached hydrogens (tertiary/aromatic N) is 1. The quantitative estimate of drug-likeness (QED) is 0.500. The lowest BCUT2D eigenvalue weighted by atomic mass is 10.2. The second-order valence-electron chi connectivity index (χ2n) is 3.20. The van der Waals surface area contributed by atoms with Crippen LogP contribution >= 0.6 is 0 Å². The molecule has 0 saturated carbocycles. The summed E-state index contributed by atoms with van der Waals surface area (Å²) in [6, 6.07) is 0. The first kappa shape index (κ1) is 11.4. The molecule has 6 heteroatoms. The molecule has 6 nitrogen and oxygen atoms in total. The zero-order valence-electron chi connectivity index (χ0n) is 8.23. The molecule has 1 fully saturated rings. The van der Waals surface area contributed by atoms with E-state index in [1.54, 1.807) is 6.92 Å². The minimum atomic E-state index is -1.10. The number of ether oxygens (including phenoxy) is 1. The normalized spacial score (nSPS) is 18.2. The van der Waals surface area contributed by atoms with Crippen molar-refractivity contribution in [3.8, 4) is 0 Å². The first-order chi connectivity index (χ1) is 7.00. The number of carbonyl (C=O) groups is 3. The Bertz CT molecular complexity index is 317. The third-order valence-corrected chi connectivity index (χ3v) is 1.83. The molecule has 2 amide bonds. The second-order valence-corrected chi connectivity index (χ2v) is 3.20. The number of carbonyl (C=O) groups excluding carboxylic acids is 2. The van der Waals surface area contributed by atoms with Gasteiger partial charge in [0.1, 0.15) is 13.2 Å². The van der Waals surface area contributed by atoms with Crippen molar-refractivity contribution >= 4 is 17.8 Å². The minimum absolute atomic E-state index is 0.00727. The first-order valence-electron chi connectivity index (χ1n) is 4.31. The van der Waals surface area contributed by atoms with Gasteiger partial charge in [-0.25, -0.2) is 4.79 Å². The maximum atomic E-state index is 11.2. The van der Waals surface area contributed by atoms with Crippen LogP contribution in [-0.4, -0.2) is 47.5 Å². The summed E-state index contributed by atoms with van der Waals surface area (Å²) in [6.45, 7) is 1.29. The van der Waals surface area contributed by atoms with E-state index < -0.39 is 17.8 Å². The van der Waals surface area contributed by atoms with Crippen molar-refractivity contribution in [1.82, 2.24) is 4.90 Å². The summed E-state index contributed by atoms with van der Waals surface area (Å²) in [6.07, 6.45) is 0.968. The third kappa shape index (κ3) is 3.17. The van der Waals surface area contributed by atoms with Crippen molar-refractivity contribution in [2.45, 2.75) is 6.92 Å². The highest BCUT2D eigenvalue weighted by Crippen LogP contribution is 2.05. The molecule has 0 aromatic heterocycles. The maximum Gasteiger partial charge on any atom is 0.328 e. The molecule has 82 valence electrons. The summed E-state index contributed by atoms with van der Waals surface area (Å²) in [5, 5.41) is 8.46. The van der Waals surface area contributed by atoms with Crippen LogP contribution in [0.4, 0.5) is 0 Å². The number of aliphatic carboxylic acids is 1. The molecule has 0 aromatic rings. The number of carboxylic acids is 1. The molecule has 0 aromatic carbocycles. The van der Waals surface area contributed by atoms with E-state index in [2.05, 4.69) is 0 Å². The van der Waals surface area contributed by atoms with Gasteiger partial charge < -0.3 is 9.84 Å². The summed E-state index contributed by atoms with van der Waals surface area (Å²) in [5.41, 5.74) is 0.436. The van der Waals surface area contributed by atoms with Gasteiger partial charge in [-0.1, -0.05) is 0 Å². The van der Waals surface area contributed by atoms with Crippen LogP contribution < -0.4 is 0 Å². The standard InChI is InChI=1S/C9H11NO5/c1-6(2-9(13)14)3-10-7(11)4-15-5-8(10)12/h2H,3-5H2,1H3,(H,13,14). The maximum absolute atomic E-state index is 11.2. The number of imide groups is 1. The average molecular weight is 213 g/mol. The van der Waals surface area contributed by atoms with Gasteiger partial charge in [0.25, 0.3) is 11.8 Å². The predicted molar refractivity (Wildman–Crippen MR) is 48.9 cm³/mol.